The van der Waals surface area contributed by atoms with Gasteiger partial charge in [0, 0.05) is 6.54 Å². The average Bonchev–Trinajstić information content (AvgIpc) is 2.36. The molecule has 0 bridgehead atoms. The van der Waals surface area contributed by atoms with Gasteiger partial charge in [-0.25, -0.2) is 0 Å². The van der Waals surface area contributed by atoms with Crippen LogP contribution in [0.3, 0.4) is 0 Å². The van der Waals surface area contributed by atoms with Gasteiger partial charge in [0.05, 0.1) is 5.38 Å². The van der Waals surface area contributed by atoms with Crippen LogP contribution in [0.25, 0.3) is 0 Å². The predicted molar refractivity (Wildman–Crippen MR) is 86.0 cm³/mol. The topological polar surface area (TPSA) is 3.24 Å². The zero-order valence-electron chi connectivity index (χ0n) is 12.8. The summed E-state index contributed by atoms with van der Waals surface area (Å²) in [4.78, 5) is 2.32. The van der Waals surface area contributed by atoms with Crippen LogP contribution in [0.1, 0.15) is 50.1 Å². The number of rotatable bonds is 8. The molecule has 0 spiro atoms. The second-order valence-corrected chi connectivity index (χ2v) is 6.45. The van der Waals surface area contributed by atoms with E-state index in [9.17, 15) is 0 Å². The summed E-state index contributed by atoms with van der Waals surface area (Å²) >= 11 is 6.50. The van der Waals surface area contributed by atoms with E-state index >= 15 is 0 Å². The van der Waals surface area contributed by atoms with Gasteiger partial charge in [0.2, 0.25) is 0 Å². The van der Waals surface area contributed by atoms with Crippen molar-refractivity contribution in [3.63, 3.8) is 0 Å². The third-order valence-corrected chi connectivity index (χ3v) is 3.74. The molecule has 0 radical (unpaired) electrons. The maximum absolute atomic E-state index is 6.50. The number of likely N-dealkylation sites (N-methyl/N-ethyl adjacent to an activating group) is 1. The highest BCUT2D eigenvalue weighted by Crippen LogP contribution is 2.22. The standard InChI is InChI=1S/C17H28ClN/c1-5-6-11-19(4)13-17(18)16-9-7-15(8-10-16)12-14(2)3/h7-10,14,17H,5-6,11-13H2,1-4H3. The van der Waals surface area contributed by atoms with Gasteiger partial charge in [-0.3, -0.25) is 0 Å². The quantitative estimate of drug-likeness (QED) is 0.613. The summed E-state index contributed by atoms with van der Waals surface area (Å²) in [7, 11) is 2.15. The number of halogens is 1. The van der Waals surface area contributed by atoms with Crippen LogP contribution in [-0.2, 0) is 6.42 Å². The van der Waals surface area contributed by atoms with Crippen molar-refractivity contribution in [3.05, 3.63) is 35.4 Å². The van der Waals surface area contributed by atoms with Crippen molar-refractivity contribution in [2.45, 2.75) is 45.4 Å². The first-order valence-electron chi connectivity index (χ1n) is 7.44. The lowest BCUT2D eigenvalue weighted by atomic mass is 10.0. The smallest absolute Gasteiger partial charge is 0.0712 e. The molecule has 1 atom stereocenters. The first-order chi connectivity index (χ1) is 9.02. The number of hydrogen-bond donors (Lipinski definition) is 0. The normalized spacial score (nSPS) is 13.2. The summed E-state index contributed by atoms with van der Waals surface area (Å²) < 4.78 is 0. The number of alkyl halides is 1. The molecule has 1 unspecified atom stereocenters. The summed E-state index contributed by atoms with van der Waals surface area (Å²) in [6.07, 6.45) is 3.62. The Kier molecular flexibility index (Phi) is 7.48. The second kappa shape index (κ2) is 8.60. The van der Waals surface area contributed by atoms with Gasteiger partial charge in [-0.15, -0.1) is 11.6 Å². The largest absolute Gasteiger partial charge is 0.305 e. The average molecular weight is 282 g/mol. The Morgan fingerprint density at radius 1 is 1.16 bits per heavy atom. The van der Waals surface area contributed by atoms with Crippen LogP contribution in [0.4, 0.5) is 0 Å². The summed E-state index contributed by atoms with van der Waals surface area (Å²) in [6.45, 7) is 8.78. The Labute approximate surface area is 124 Å². The first kappa shape index (κ1) is 16.5. The van der Waals surface area contributed by atoms with Crippen LogP contribution in [0.5, 0.6) is 0 Å². The first-order valence-corrected chi connectivity index (χ1v) is 7.88. The number of nitrogens with zero attached hydrogens (tertiary/aromatic N) is 1. The Balaban J connectivity index is 2.50. The van der Waals surface area contributed by atoms with Gasteiger partial charge in [-0.2, -0.15) is 0 Å². The van der Waals surface area contributed by atoms with Crippen molar-refractivity contribution in [3.8, 4) is 0 Å². The van der Waals surface area contributed by atoms with Crippen molar-refractivity contribution in [2.24, 2.45) is 5.92 Å². The molecular weight excluding hydrogens is 254 g/mol. The highest BCUT2D eigenvalue weighted by molar-refractivity contribution is 6.21. The third kappa shape index (κ3) is 6.44. The highest BCUT2D eigenvalue weighted by atomic mass is 35.5. The van der Waals surface area contributed by atoms with Gasteiger partial charge in [-0.1, -0.05) is 51.5 Å². The fourth-order valence-corrected chi connectivity index (χ4v) is 2.61. The summed E-state index contributed by atoms with van der Waals surface area (Å²) in [5, 5.41) is 0.0926. The summed E-state index contributed by atoms with van der Waals surface area (Å²) in [5.74, 6) is 0.706. The lowest BCUT2D eigenvalue weighted by Gasteiger charge is -2.20. The molecule has 0 fully saturated rings. The van der Waals surface area contributed by atoms with E-state index in [1.807, 2.05) is 0 Å². The molecule has 0 aliphatic heterocycles. The Morgan fingerprint density at radius 2 is 1.79 bits per heavy atom. The summed E-state index contributed by atoms with van der Waals surface area (Å²) in [6, 6.07) is 8.81. The molecule has 1 rings (SSSR count). The van der Waals surface area contributed by atoms with E-state index in [4.69, 9.17) is 11.6 Å². The second-order valence-electron chi connectivity index (χ2n) is 5.92. The van der Waals surface area contributed by atoms with Crippen LogP contribution in [-0.4, -0.2) is 25.0 Å². The van der Waals surface area contributed by atoms with Gasteiger partial charge in [0.25, 0.3) is 0 Å². The van der Waals surface area contributed by atoms with Gasteiger partial charge in [0.1, 0.15) is 0 Å². The van der Waals surface area contributed by atoms with Crippen LogP contribution < -0.4 is 0 Å². The lowest BCUT2D eigenvalue weighted by molar-refractivity contribution is 0.328. The minimum atomic E-state index is 0.0926. The van der Waals surface area contributed by atoms with E-state index < -0.39 is 0 Å². The molecule has 0 aliphatic rings. The van der Waals surface area contributed by atoms with E-state index in [1.165, 1.54) is 24.0 Å². The SMILES string of the molecule is CCCCN(C)CC(Cl)c1ccc(CC(C)C)cc1. The van der Waals surface area contributed by atoms with Gasteiger partial charge < -0.3 is 4.90 Å². The molecule has 108 valence electrons. The van der Waals surface area contributed by atoms with Gasteiger partial charge >= 0.3 is 0 Å². The predicted octanol–water partition coefficient (Wildman–Crippen LogP) is 4.90. The minimum absolute atomic E-state index is 0.0926. The van der Waals surface area contributed by atoms with Crippen LogP contribution in [0.2, 0.25) is 0 Å². The minimum Gasteiger partial charge on any atom is -0.305 e. The number of benzene rings is 1. The van der Waals surface area contributed by atoms with Gasteiger partial charge in [-0.05, 0) is 43.5 Å². The van der Waals surface area contributed by atoms with Crippen molar-refractivity contribution >= 4 is 11.6 Å². The fraction of sp³-hybridized carbons (Fsp3) is 0.647. The zero-order chi connectivity index (χ0) is 14.3. The maximum Gasteiger partial charge on any atom is 0.0712 e. The number of hydrogen-bond acceptors (Lipinski definition) is 1. The van der Waals surface area contributed by atoms with E-state index in [0.717, 1.165) is 19.5 Å². The molecule has 0 N–H and O–H groups in total. The molecule has 1 aromatic carbocycles. The van der Waals surface area contributed by atoms with Crippen molar-refractivity contribution < 1.29 is 0 Å². The molecule has 19 heavy (non-hydrogen) atoms. The molecule has 0 heterocycles. The summed E-state index contributed by atoms with van der Waals surface area (Å²) in [5.41, 5.74) is 2.64. The highest BCUT2D eigenvalue weighted by Gasteiger charge is 2.10. The molecule has 0 aromatic heterocycles. The van der Waals surface area contributed by atoms with Crippen molar-refractivity contribution in [1.29, 1.82) is 0 Å². The lowest BCUT2D eigenvalue weighted by Crippen LogP contribution is -2.23. The van der Waals surface area contributed by atoms with Crippen LogP contribution in [0, 0.1) is 5.92 Å². The monoisotopic (exact) mass is 281 g/mol. The van der Waals surface area contributed by atoms with Crippen LogP contribution in [0.15, 0.2) is 24.3 Å². The molecule has 0 saturated carbocycles. The Hall–Kier alpha value is -0.530. The van der Waals surface area contributed by atoms with E-state index in [2.05, 4.69) is 57.0 Å². The van der Waals surface area contributed by atoms with Crippen molar-refractivity contribution in [1.82, 2.24) is 4.90 Å². The third-order valence-electron chi connectivity index (χ3n) is 3.35. The molecule has 0 saturated heterocycles. The molecule has 1 nitrogen and oxygen atoms in total. The van der Waals surface area contributed by atoms with Gasteiger partial charge in [0.15, 0.2) is 0 Å². The Bertz CT molecular complexity index is 345. The van der Waals surface area contributed by atoms with E-state index in [1.54, 1.807) is 0 Å². The van der Waals surface area contributed by atoms with Crippen LogP contribution >= 0.6 is 11.6 Å². The van der Waals surface area contributed by atoms with E-state index in [-0.39, 0.29) is 5.38 Å². The molecular formula is C17H28ClN. The molecule has 0 amide bonds. The zero-order valence-corrected chi connectivity index (χ0v) is 13.6. The maximum atomic E-state index is 6.50. The van der Waals surface area contributed by atoms with Crippen molar-refractivity contribution in [2.75, 3.05) is 20.1 Å². The fourth-order valence-electron chi connectivity index (χ4n) is 2.23. The number of unbranched alkanes of at least 4 members (excludes halogenated alkanes) is 1. The molecule has 0 aliphatic carbocycles. The molecule has 2 heteroatoms. The van der Waals surface area contributed by atoms with E-state index in [0.29, 0.717) is 5.92 Å². The Morgan fingerprint density at radius 3 is 2.32 bits per heavy atom. The molecule has 1 aromatic rings.